The number of phenols is 1. The summed E-state index contributed by atoms with van der Waals surface area (Å²) in [5.41, 5.74) is 4.35. The monoisotopic (exact) mass is 311 g/mol. The number of rotatable bonds is 7. The number of nitrogens with one attached hydrogen (secondary N) is 1. The van der Waals surface area contributed by atoms with Gasteiger partial charge in [-0.15, -0.1) is 0 Å². The molecule has 0 aliphatic heterocycles. The van der Waals surface area contributed by atoms with Crippen LogP contribution in [0.15, 0.2) is 42.5 Å². The molecule has 0 aliphatic carbocycles. The van der Waals surface area contributed by atoms with Gasteiger partial charge in [-0.05, 0) is 61.1 Å². The Morgan fingerprint density at radius 1 is 1.13 bits per heavy atom. The molecule has 0 heterocycles. The molecule has 3 heteroatoms. The van der Waals surface area contributed by atoms with Crippen LogP contribution >= 0.6 is 0 Å². The van der Waals surface area contributed by atoms with Crippen LogP contribution in [0.2, 0.25) is 0 Å². The van der Waals surface area contributed by atoms with Gasteiger partial charge in [0.1, 0.15) is 12.0 Å². The second kappa shape index (κ2) is 7.93. The quantitative estimate of drug-likeness (QED) is 0.763. The molecule has 2 N–H and O–H groups in total. The van der Waals surface area contributed by atoms with Crippen molar-refractivity contribution >= 4 is 6.29 Å². The second-order valence-electron chi connectivity index (χ2n) is 6.04. The van der Waals surface area contributed by atoms with E-state index in [1.165, 1.54) is 5.56 Å². The van der Waals surface area contributed by atoms with Crippen LogP contribution in [0.3, 0.4) is 0 Å². The SMILES string of the molecule is CCC(N[C@H](C=O)Cc1c(C)cc(O)cc1C)c1ccccc1. The third-order valence-corrected chi connectivity index (χ3v) is 4.29. The summed E-state index contributed by atoms with van der Waals surface area (Å²) in [5, 5.41) is 13.1. The van der Waals surface area contributed by atoms with E-state index in [2.05, 4.69) is 24.4 Å². The lowest BCUT2D eigenvalue weighted by molar-refractivity contribution is -0.109. The molecule has 23 heavy (non-hydrogen) atoms. The molecule has 3 nitrogen and oxygen atoms in total. The number of hydrogen-bond donors (Lipinski definition) is 2. The van der Waals surface area contributed by atoms with Gasteiger partial charge in [0.15, 0.2) is 0 Å². The van der Waals surface area contributed by atoms with E-state index in [1.54, 1.807) is 12.1 Å². The van der Waals surface area contributed by atoms with Gasteiger partial charge in [0, 0.05) is 6.04 Å². The number of phenolic OH excluding ortho intramolecular Hbond substituents is 1. The van der Waals surface area contributed by atoms with Crippen molar-refractivity contribution in [3.8, 4) is 5.75 Å². The summed E-state index contributed by atoms with van der Waals surface area (Å²) < 4.78 is 0. The highest BCUT2D eigenvalue weighted by atomic mass is 16.3. The summed E-state index contributed by atoms with van der Waals surface area (Å²) in [6.07, 6.45) is 2.53. The molecule has 0 radical (unpaired) electrons. The summed E-state index contributed by atoms with van der Waals surface area (Å²) in [6.45, 7) is 6.06. The van der Waals surface area contributed by atoms with E-state index in [-0.39, 0.29) is 17.8 Å². The Bertz CT molecular complexity index is 629. The lowest BCUT2D eigenvalue weighted by atomic mass is 9.95. The first-order valence-corrected chi connectivity index (χ1v) is 8.10. The van der Waals surface area contributed by atoms with Gasteiger partial charge in [-0.1, -0.05) is 37.3 Å². The molecule has 0 aromatic heterocycles. The number of carbonyl (C=O) groups excluding carboxylic acids is 1. The maximum Gasteiger partial charge on any atom is 0.137 e. The number of benzene rings is 2. The Morgan fingerprint density at radius 2 is 1.74 bits per heavy atom. The minimum atomic E-state index is -0.248. The normalized spacial score (nSPS) is 13.5. The Hall–Kier alpha value is -2.13. The van der Waals surface area contributed by atoms with Crippen molar-refractivity contribution in [3.63, 3.8) is 0 Å². The fourth-order valence-corrected chi connectivity index (χ4v) is 3.05. The lowest BCUT2D eigenvalue weighted by Gasteiger charge is -2.23. The highest BCUT2D eigenvalue weighted by molar-refractivity contribution is 5.59. The van der Waals surface area contributed by atoms with Crippen molar-refractivity contribution in [1.29, 1.82) is 0 Å². The fraction of sp³-hybridized carbons (Fsp3) is 0.350. The smallest absolute Gasteiger partial charge is 0.137 e. The first-order chi connectivity index (χ1) is 11.0. The van der Waals surface area contributed by atoms with Crippen molar-refractivity contribution in [2.75, 3.05) is 0 Å². The average Bonchev–Trinajstić information content (AvgIpc) is 2.54. The molecule has 0 amide bonds. The first kappa shape index (κ1) is 17.2. The van der Waals surface area contributed by atoms with Crippen molar-refractivity contribution in [3.05, 3.63) is 64.7 Å². The zero-order valence-electron chi connectivity index (χ0n) is 14.0. The average molecular weight is 311 g/mol. The third kappa shape index (κ3) is 4.42. The van der Waals surface area contributed by atoms with Gasteiger partial charge in [-0.3, -0.25) is 0 Å². The van der Waals surface area contributed by atoms with Crippen LogP contribution in [-0.2, 0) is 11.2 Å². The van der Waals surface area contributed by atoms with Crippen LogP contribution < -0.4 is 5.32 Å². The van der Waals surface area contributed by atoms with E-state index in [1.807, 2.05) is 32.0 Å². The van der Waals surface area contributed by atoms with Gasteiger partial charge < -0.3 is 15.2 Å². The van der Waals surface area contributed by atoms with Gasteiger partial charge in [0.25, 0.3) is 0 Å². The molecule has 0 aliphatic rings. The molecule has 2 aromatic carbocycles. The summed E-state index contributed by atoms with van der Waals surface area (Å²) in [7, 11) is 0. The third-order valence-electron chi connectivity index (χ3n) is 4.29. The Morgan fingerprint density at radius 3 is 2.26 bits per heavy atom. The minimum absolute atomic E-state index is 0.157. The number of hydrogen-bond acceptors (Lipinski definition) is 3. The lowest BCUT2D eigenvalue weighted by Crippen LogP contribution is -2.36. The van der Waals surface area contributed by atoms with Crippen molar-refractivity contribution in [1.82, 2.24) is 5.32 Å². The van der Waals surface area contributed by atoms with Crippen molar-refractivity contribution in [2.45, 2.75) is 45.7 Å². The minimum Gasteiger partial charge on any atom is -0.508 e. The van der Waals surface area contributed by atoms with Crippen LogP contribution in [0.1, 0.15) is 41.6 Å². The predicted molar refractivity (Wildman–Crippen MR) is 93.7 cm³/mol. The van der Waals surface area contributed by atoms with Crippen molar-refractivity contribution in [2.24, 2.45) is 0 Å². The Labute approximate surface area is 138 Å². The number of aryl methyl sites for hydroxylation is 2. The number of aromatic hydroxyl groups is 1. The summed E-state index contributed by atoms with van der Waals surface area (Å²) in [4.78, 5) is 11.6. The molecule has 0 bridgehead atoms. The molecule has 2 rings (SSSR count). The van der Waals surface area contributed by atoms with E-state index in [4.69, 9.17) is 0 Å². The first-order valence-electron chi connectivity index (χ1n) is 8.10. The van der Waals surface area contributed by atoms with Gasteiger partial charge in [-0.2, -0.15) is 0 Å². The van der Waals surface area contributed by atoms with Crippen LogP contribution in [0.4, 0.5) is 0 Å². The molecular formula is C20H25NO2. The van der Waals surface area contributed by atoms with E-state index in [9.17, 15) is 9.90 Å². The Kier molecular flexibility index (Phi) is 5.94. The summed E-state index contributed by atoms with van der Waals surface area (Å²) in [6, 6.07) is 13.6. The van der Waals surface area contributed by atoms with Crippen LogP contribution in [0.5, 0.6) is 5.75 Å². The molecule has 122 valence electrons. The standard InChI is InChI=1S/C20H25NO2/c1-4-20(16-8-6-5-7-9-16)21-17(13-22)12-19-14(2)10-18(23)11-15(19)3/h5-11,13,17,20-21,23H,4,12H2,1-3H3/t17-,20?/m0/s1. The van der Waals surface area contributed by atoms with Gasteiger partial charge in [0.05, 0.1) is 6.04 Å². The summed E-state index contributed by atoms with van der Waals surface area (Å²) in [5.74, 6) is 0.273. The number of carbonyl (C=O) groups is 1. The Balaban J connectivity index is 2.16. The molecule has 2 aromatic rings. The zero-order chi connectivity index (χ0) is 16.8. The molecular weight excluding hydrogens is 286 g/mol. The van der Waals surface area contributed by atoms with E-state index in [0.717, 1.165) is 29.4 Å². The zero-order valence-corrected chi connectivity index (χ0v) is 14.0. The van der Waals surface area contributed by atoms with Gasteiger partial charge in [-0.25, -0.2) is 0 Å². The van der Waals surface area contributed by atoms with E-state index >= 15 is 0 Å². The molecule has 0 saturated carbocycles. The molecule has 0 saturated heterocycles. The van der Waals surface area contributed by atoms with Gasteiger partial charge in [0.2, 0.25) is 0 Å². The highest BCUT2D eigenvalue weighted by Gasteiger charge is 2.17. The molecule has 0 fully saturated rings. The van der Waals surface area contributed by atoms with Gasteiger partial charge >= 0.3 is 0 Å². The summed E-state index contributed by atoms with van der Waals surface area (Å²) >= 11 is 0. The molecule has 0 spiro atoms. The van der Waals surface area contributed by atoms with Crippen LogP contribution in [0, 0.1) is 13.8 Å². The largest absolute Gasteiger partial charge is 0.508 e. The van der Waals surface area contributed by atoms with Crippen LogP contribution in [0.25, 0.3) is 0 Å². The highest BCUT2D eigenvalue weighted by Crippen LogP contribution is 2.23. The van der Waals surface area contributed by atoms with Crippen molar-refractivity contribution < 1.29 is 9.90 Å². The van der Waals surface area contributed by atoms with Crippen LogP contribution in [-0.4, -0.2) is 17.4 Å². The van der Waals surface area contributed by atoms with E-state index < -0.39 is 0 Å². The molecule has 1 unspecified atom stereocenters. The van der Waals surface area contributed by atoms with E-state index in [0.29, 0.717) is 6.42 Å². The maximum absolute atomic E-state index is 11.6. The molecule has 2 atom stereocenters. The topological polar surface area (TPSA) is 49.3 Å². The second-order valence-corrected chi connectivity index (χ2v) is 6.04. The maximum atomic E-state index is 11.6. The number of aldehydes is 1. The predicted octanol–water partition coefficient (Wildman–Crippen LogP) is 3.86. The fourth-order valence-electron chi connectivity index (χ4n) is 3.05.